The number of aryl methyl sites for hydroxylation is 1. The van der Waals surface area contributed by atoms with Gasteiger partial charge in [0.05, 0.1) is 18.8 Å². The summed E-state index contributed by atoms with van der Waals surface area (Å²) in [6, 6.07) is 17.5. The highest BCUT2D eigenvalue weighted by molar-refractivity contribution is 5.36. The molecule has 0 unspecified atom stereocenters. The molecule has 1 aliphatic heterocycles. The van der Waals surface area contributed by atoms with E-state index in [0.717, 1.165) is 6.42 Å². The number of rotatable bonds is 4. The summed E-state index contributed by atoms with van der Waals surface area (Å²) in [4.78, 5) is 0. The number of hydrogen-bond donors (Lipinski definition) is 1. The molecular weight excluding hydrogens is 252 g/mol. The van der Waals surface area contributed by atoms with Gasteiger partial charge in [-0.2, -0.15) is 0 Å². The van der Waals surface area contributed by atoms with E-state index in [1.54, 1.807) is 12.1 Å². The molecule has 1 heterocycles. The first-order valence-corrected chi connectivity index (χ1v) is 6.90. The molecule has 1 fully saturated rings. The van der Waals surface area contributed by atoms with Crippen LogP contribution in [-0.2, 0) is 21.7 Å². The van der Waals surface area contributed by atoms with Gasteiger partial charge in [0.25, 0.3) is 0 Å². The van der Waals surface area contributed by atoms with Crippen LogP contribution in [-0.4, -0.2) is 18.3 Å². The first-order chi connectivity index (χ1) is 9.80. The fourth-order valence-corrected chi connectivity index (χ4v) is 2.64. The number of para-hydroxylation sites is 1. The molecule has 1 saturated heterocycles. The minimum absolute atomic E-state index is 0.225. The molecule has 3 heteroatoms. The van der Waals surface area contributed by atoms with E-state index < -0.39 is 5.79 Å². The predicted octanol–water partition coefficient (Wildman–Crippen LogP) is 3.22. The van der Waals surface area contributed by atoms with E-state index in [1.807, 2.05) is 30.3 Å². The third-order valence-electron chi connectivity index (χ3n) is 3.65. The molecule has 0 atom stereocenters. The SMILES string of the molecule is Oc1ccccc1C1(CCc2ccccc2)OCCO1. The average molecular weight is 270 g/mol. The zero-order valence-corrected chi connectivity index (χ0v) is 11.3. The number of aromatic hydroxyl groups is 1. The van der Waals surface area contributed by atoms with Crippen molar-refractivity contribution in [3.63, 3.8) is 0 Å². The Kier molecular flexibility index (Phi) is 3.72. The molecule has 2 aromatic rings. The van der Waals surface area contributed by atoms with Crippen molar-refractivity contribution in [3.8, 4) is 5.75 Å². The molecule has 0 spiro atoms. The summed E-state index contributed by atoms with van der Waals surface area (Å²) in [6.07, 6.45) is 1.53. The Labute approximate surface area is 118 Å². The Morgan fingerprint density at radius 2 is 1.55 bits per heavy atom. The smallest absolute Gasteiger partial charge is 0.198 e. The van der Waals surface area contributed by atoms with E-state index in [0.29, 0.717) is 25.2 Å². The lowest BCUT2D eigenvalue weighted by atomic mass is 9.97. The van der Waals surface area contributed by atoms with Crippen molar-refractivity contribution in [2.45, 2.75) is 18.6 Å². The second-order valence-corrected chi connectivity index (χ2v) is 4.95. The number of benzene rings is 2. The van der Waals surface area contributed by atoms with Crippen LogP contribution >= 0.6 is 0 Å². The van der Waals surface area contributed by atoms with Crippen molar-refractivity contribution < 1.29 is 14.6 Å². The van der Waals surface area contributed by atoms with Crippen molar-refractivity contribution in [2.75, 3.05) is 13.2 Å². The number of ether oxygens (including phenoxy) is 2. The molecule has 0 aromatic heterocycles. The van der Waals surface area contributed by atoms with Gasteiger partial charge in [-0.25, -0.2) is 0 Å². The Hall–Kier alpha value is -1.84. The maximum absolute atomic E-state index is 10.1. The fourth-order valence-electron chi connectivity index (χ4n) is 2.64. The maximum Gasteiger partial charge on any atom is 0.198 e. The van der Waals surface area contributed by atoms with Gasteiger partial charge in [-0.05, 0) is 24.1 Å². The van der Waals surface area contributed by atoms with E-state index in [4.69, 9.17) is 9.47 Å². The Balaban J connectivity index is 1.84. The van der Waals surface area contributed by atoms with Crippen molar-refractivity contribution in [3.05, 3.63) is 65.7 Å². The summed E-state index contributed by atoms with van der Waals surface area (Å²) in [6.45, 7) is 1.12. The van der Waals surface area contributed by atoms with E-state index in [1.165, 1.54) is 5.56 Å². The van der Waals surface area contributed by atoms with Gasteiger partial charge < -0.3 is 14.6 Å². The lowest BCUT2D eigenvalue weighted by Gasteiger charge is -2.28. The Morgan fingerprint density at radius 3 is 2.25 bits per heavy atom. The van der Waals surface area contributed by atoms with E-state index in [-0.39, 0.29) is 5.75 Å². The summed E-state index contributed by atoms with van der Waals surface area (Å²) in [7, 11) is 0. The molecule has 2 aromatic carbocycles. The van der Waals surface area contributed by atoms with Crippen LogP contribution in [0.1, 0.15) is 17.5 Å². The van der Waals surface area contributed by atoms with Gasteiger partial charge in [-0.1, -0.05) is 42.5 Å². The van der Waals surface area contributed by atoms with Crippen LogP contribution in [0.3, 0.4) is 0 Å². The topological polar surface area (TPSA) is 38.7 Å². The standard InChI is InChI=1S/C17H18O3/c18-16-9-5-4-8-15(16)17(19-12-13-20-17)11-10-14-6-2-1-3-7-14/h1-9,18H,10-13H2. The molecule has 0 amide bonds. The lowest BCUT2D eigenvalue weighted by molar-refractivity contribution is -0.171. The highest BCUT2D eigenvalue weighted by Crippen LogP contribution is 2.40. The molecule has 3 nitrogen and oxygen atoms in total. The van der Waals surface area contributed by atoms with Crippen LogP contribution < -0.4 is 0 Å². The van der Waals surface area contributed by atoms with Gasteiger partial charge in [0.1, 0.15) is 5.75 Å². The molecular formula is C17H18O3. The molecule has 0 bridgehead atoms. The number of phenols is 1. The molecule has 3 rings (SSSR count). The summed E-state index contributed by atoms with van der Waals surface area (Å²) in [5.41, 5.74) is 1.95. The van der Waals surface area contributed by atoms with E-state index >= 15 is 0 Å². The molecule has 0 saturated carbocycles. The molecule has 20 heavy (non-hydrogen) atoms. The van der Waals surface area contributed by atoms with Crippen LogP contribution in [0.2, 0.25) is 0 Å². The lowest BCUT2D eigenvalue weighted by Crippen LogP contribution is -2.28. The highest BCUT2D eigenvalue weighted by atomic mass is 16.7. The fraction of sp³-hybridized carbons (Fsp3) is 0.294. The minimum Gasteiger partial charge on any atom is -0.507 e. The van der Waals surface area contributed by atoms with Crippen LogP contribution in [0, 0.1) is 0 Å². The first-order valence-electron chi connectivity index (χ1n) is 6.90. The van der Waals surface area contributed by atoms with Gasteiger partial charge >= 0.3 is 0 Å². The highest BCUT2D eigenvalue weighted by Gasteiger charge is 2.40. The largest absolute Gasteiger partial charge is 0.507 e. The summed E-state index contributed by atoms with van der Waals surface area (Å²) in [5.74, 6) is -0.594. The van der Waals surface area contributed by atoms with Crippen molar-refractivity contribution >= 4 is 0 Å². The third-order valence-corrected chi connectivity index (χ3v) is 3.65. The van der Waals surface area contributed by atoms with Crippen LogP contribution in [0.5, 0.6) is 5.75 Å². The molecule has 1 aliphatic rings. The predicted molar refractivity (Wildman–Crippen MR) is 76.5 cm³/mol. The molecule has 0 aliphatic carbocycles. The average Bonchev–Trinajstić information content (AvgIpc) is 2.97. The van der Waals surface area contributed by atoms with Gasteiger partial charge in [0.2, 0.25) is 0 Å². The monoisotopic (exact) mass is 270 g/mol. The van der Waals surface area contributed by atoms with Crippen LogP contribution in [0.15, 0.2) is 54.6 Å². The Bertz CT molecular complexity index is 559. The van der Waals surface area contributed by atoms with Crippen LogP contribution in [0.25, 0.3) is 0 Å². The van der Waals surface area contributed by atoms with Crippen molar-refractivity contribution in [1.82, 2.24) is 0 Å². The van der Waals surface area contributed by atoms with Crippen LogP contribution in [0.4, 0.5) is 0 Å². The second-order valence-electron chi connectivity index (χ2n) is 4.95. The van der Waals surface area contributed by atoms with Gasteiger partial charge in [-0.15, -0.1) is 0 Å². The summed E-state index contributed by atoms with van der Waals surface area (Å²) >= 11 is 0. The van der Waals surface area contributed by atoms with Gasteiger partial charge in [0, 0.05) is 6.42 Å². The first kappa shape index (κ1) is 13.2. The molecule has 104 valence electrons. The van der Waals surface area contributed by atoms with E-state index in [2.05, 4.69) is 12.1 Å². The zero-order valence-electron chi connectivity index (χ0n) is 11.3. The Morgan fingerprint density at radius 1 is 0.900 bits per heavy atom. The summed E-state index contributed by atoms with van der Waals surface area (Å²) in [5, 5.41) is 10.1. The zero-order chi connectivity index (χ0) is 13.8. The third kappa shape index (κ3) is 2.55. The minimum atomic E-state index is -0.818. The normalized spacial score (nSPS) is 17.2. The summed E-state index contributed by atoms with van der Waals surface area (Å²) < 4.78 is 11.7. The van der Waals surface area contributed by atoms with Gasteiger partial charge in [-0.3, -0.25) is 0 Å². The van der Waals surface area contributed by atoms with Crippen molar-refractivity contribution in [2.24, 2.45) is 0 Å². The molecule has 0 radical (unpaired) electrons. The number of phenolic OH excluding ortho intramolecular Hbond substituents is 1. The quantitative estimate of drug-likeness (QED) is 0.927. The van der Waals surface area contributed by atoms with E-state index in [9.17, 15) is 5.11 Å². The second kappa shape index (κ2) is 5.65. The molecule has 1 N–H and O–H groups in total. The number of hydrogen-bond acceptors (Lipinski definition) is 3. The maximum atomic E-state index is 10.1. The van der Waals surface area contributed by atoms with Gasteiger partial charge in [0.15, 0.2) is 5.79 Å². The van der Waals surface area contributed by atoms with Crippen molar-refractivity contribution in [1.29, 1.82) is 0 Å².